The lowest BCUT2D eigenvalue weighted by atomic mass is 9.86. The highest BCUT2D eigenvalue weighted by Gasteiger charge is 2.41. The molecule has 7 nitrogen and oxygen atoms in total. The third kappa shape index (κ3) is 6.69. The Morgan fingerprint density at radius 1 is 1.16 bits per heavy atom. The molecule has 1 aliphatic rings. The third-order valence-corrected chi connectivity index (χ3v) is 11.9. The van der Waals surface area contributed by atoms with Crippen molar-refractivity contribution in [1.29, 1.82) is 0 Å². The normalized spacial score (nSPS) is 18.7. The van der Waals surface area contributed by atoms with Gasteiger partial charge in [0.25, 0.3) is 5.91 Å². The SMILES string of the molecule is Cc1ccc(C(=O)Nc2cncc(C(F)(F)F)c2)cc1[C@H]1CN(C(=O)O)C[C@@H]1CO[Si](C)(C)C(C)(C)C. The summed E-state index contributed by atoms with van der Waals surface area (Å²) < 4.78 is 45.5. The van der Waals surface area contributed by atoms with Crippen LogP contribution >= 0.6 is 0 Å². The molecule has 3 rings (SSSR count). The number of aromatic nitrogens is 1. The average Bonchev–Trinajstić information content (AvgIpc) is 3.21. The molecule has 1 aliphatic heterocycles. The zero-order valence-corrected chi connectivity index (χ0v) is 22.9. The molecule has 202 valence electrons. The van der Waals surface area contributed by atoms with Gasteiger partial charge in [-0.15, -0.1) is 0 Å². The van der Waals surface area contributed by atoms with Crippen molar-refractivity contribution < 1.29 is 32.3 Å². The molecule has 1 fully saturated rings. The van der Waals surface area contributed by atoms with Crippen LogP contribution in [0, 0.1) is 12.8 Å². The molecule has 1 aromatic heterocycles. The Hall–Kier alpha value is -2.92. The maximum Gasteiger partial charge on any atom is 0.417 e. The van der Waals surface area contributed by atoms with Crippen LogP contribution in [0.4, 0.5) is 23.7 Å². The number of amides is 2. The molecule has 0 spiro atoms. The van der Waals surface area contributed by atoms with Gasteiger partial charge < -0.3 is 19.7 Å². The zero-order chi connectivity index (χ0) is 27.8. The number of rotatable bonds is 6. The highest BCUT2D eigenvalue weighted by Crippen LogP contribution is 2.40. The van der Waals surface area contributed by atoms with E-state index in [0.29, 0.717) is 19.3 Å². The summed E-state index contributed by atoms with van der Waals surface area (Å²) in [4.78, 5) is 29.7. The van der Waals surface area contributed by atoms with Gasteiger partial charge >= 0.3 is 12.3 Å². The van der Waals surface area contributed by atoms with Crippen molar-refractivity contribution in [2.45, 2.75) is 57.9 Å². The van der Waals surface area contributed by atoms with Gasteiger partial charge in [-0.3, -0.25) is 9.78 Å². The third-order valence-electron chi connectivity index (χ3n) is 7.44. The summed E-state index contributed by atoms with van der Waals surface area (Å²) in [5.41, 5.74) is 0.949. The number of nitrogens with zero attached hydrogens (tertiary/aromatic N) is 2. The molecule has 0 radical (unpaired) electrons. The maximum atomic E-state index is 13.0. The van der Waals surface area contributed by atoms with Crippen molar-refractivity contribution in [2.24, 2.45) is 5.92 Å². The molecule has 2 heterocycles. The first-order valence-corrected chi connectivity index (χ1v) is 15.0. The molecular formula is C26H34F3N3O4Si. The predicted molar refractivity (Wildman–Crippen MR) is 137 cm³/mol. The Morgan fingerprint density at radius 3 is 2.43 bits per heavy atom. The largest absolute Gasteiger partial charge is 0.465 e. The lowest BCUT2D eigenvalue weighted by Crippen LogP contribution is -2.42. The Balaban J connectivity index is 1.86. The van der Waals surface area contributed by atoms with Crippen molar-refractivity contribution in [1.82, 2.24) is 9.88 Å². The number of nitrogens with one attached hydrogen (secondary N) is 1. The smallest absolute Gasteiger partial charge is 0.417 e. The summed E-state index contributed by atoms with van der Waals surface area (Å²) >= 11 is 0. The number of hydrogen-bond acceptors (Lipinski definition) is 4. The molecular weight excluding hydrogens is 503 g/mol. The van der Waals surface area contributed by atoms with Gasteiger partial charge in [0.1, 0.15) is 0 Å². The van der Waals surface area contributed by atoms with E-state index < -0.39 is 32.1 Å². The fourth-order valence-electron chi connectivity index (χ4n) is 4.13. The van der Waals surface area contributed by atoms with Gasteiger partial charge in [0.15, 0.2) is 8.32 Å². The Kier molecular flexibility index (Phi) is 8.09. The lowest BCUT2D eigenvalue weighted by molar-refractivity contribution is -0.137. The molecule has 0 unspecified atom stereocenters. The van der Waals surface area contributed by atoms with Crippen LogP contribution in [0.3, 0.4) is 0 Å². The number of carbonyl (C=O) groups is 2. The van der Waals surface area contributed by atoms with Crippen LogP contribution in [0.25, 0.3) is 0 Å². The molecule has 0 saturated carbocycles. The zero-order valence-electron chi connectivity index (χ0n) is 21.9. The second-order valence-electron chi connectivity index (χ2n) is 11.1. The van der Waals surface area contributed by atoms with Gasteiger partial charge in [-0.1, -0.05) is 26.8 Å². The number of alkyl halides is 3. The standard InChI is InChI=1S/C26H34F3N3O4Si/c1-16-7-8-17(23(33)31-20-10-19(11-30-12-20)26(27,28)29)9-21(16)22-14-32(24(34)35)13-18(22)15-36-37(5,6)25(2,3)4/h7-12,18,22H,13-15H2,1-6H3,(H,31,33)(H,34,35)/t18-,22+/m1/s1. The second kappa shape index (κ2) is 10.4. The highest BCUT2D eigenvalue weighted by atomic mass is 28.4. The predicted octanol–water partition coefficient (Wildman–Crippen LogP) is 6.38. The first-order chi connectivity index (χ1) is 17.0. The monoisotopic (exact) mass is 537 g/mol. The van der Waals surface area contributed by atoms with Gasteiger partial charge in [0, 0.05) is 43.3 Å². The molecule has 0 bridgehead atoms. The van der Waals surface area contributed by atoms with Crippen molar-refractivity contribution in [2.75, 3.05) is 25.0 Å². The Morgan fingerprint density at radius 2 is 1.84 bits per heavy atom. The van der Waals surface area contributed by atoms with Crippen molar-refractivity contribution >= 4 is 26.0 Å². The van der Waals surface area contributed by atoms with E-state index in [1.807, 2.05) is 6.92 Å². The molecule has 1 aromatic carbocycles. The van der Waals surface area contributed by atoms with Crippen LogP contribution in [0.15, 0.2) is 36.7 Å². The number of carboxylic acid groups (broad SMARTS) is 1. The maximum absolute atomic E-state index is 13.0. The number of carbonyl (C=O) groups excluding carboxylic acids is 1. The van der Waals surface area contributed by atoms with Crippen molar-refractivity contribution in [3.63, 3.8) is 0 Å². The average molecular weight is 538 g/mol. The van der Waals surface area contributed by atoms with E-state index in [4.69, 9.17) is 4.43 Å². The van der Waals surface area contributed by atoms with E-state index in [1.54, 1.807) is 18.2 Å². The first-order valence-electron chi connectivity index (χ1n) is 12.1. The Labute approximate surface area is 216 Å². The van der Waals surface area contributed by atoms with E-state index in [2.05, 4.69) is 44.2 Å². The number of likely N-dealkylation sites (tertiary alicyclic amines) is 1. The van der Waals surface area contributed by atoms with Crippen LogP contribution in [-0.2, 0) is 10.6 Å². The molecule has 37 heavy (non-hydrogen) atoms. The summed E-state index contributed by atoms with van der Waals surface area (Å²) in [6.07, 6.45) is -3.74. The van der Waals surface area contributed by atoms with Crippen molar-refractivity contribution in [3.8, 4) is 0 Å². The Bertz CT molecular complexity index is 1160. The first kappa shape index (κ1) is 28.6. The molecule has 1 saturated heterocycles. The fraction of sp³-hybridized carbons (Fsp3) is 0.500. The molecule has 0 aliphatic carbocycles. The number of hydrogen-bond donors (Lipinski definition) is 2. The molecule has 2 atom stereocenters. The highest BCUT2D eigenvalue weighted by molar-refractivity contribution is 6.74. The molecule has 2 amide bonds. The summed E-state index contributed by atoms with van der Waals surface area (Å²) in [5, 5.41) is 12.1. The quantitative estimate of drug-likeness (QED) is 0.418. The van der Waals surface area contributed by atoms with E-state index in [1.165, 1.54) is 4.90 Å². The minimum Gasteiger partial charge on any atom is -0.465 e. The fourth-order valence-corrected chi connectivity index (χ4v) is 5.19. The van der Waals surface area contributed by atoms with Gasteiger partial charge in [0.2, 0.25) is 0 Å². The van der Waals surface area contributed by atoms with Gasteiger partial charge in [-0.2, -0.15) is 13.2 Å². The van der Waals surface area contributed by atoms with E-state index in [0.717, 1.165) is 23.4 Å². The molecule has 11 heteroatoms. The number of pyridine rings is 1. The van der Waals surface area contributed by atoms with Crippen LogP contribution in [-0.4, -0.2) is 55.0 Å². The lowest BCUT2D eigenvalue weighted by Gasteiger charge is -2.37. The number of anilines is 1. The topological polar surface area (TPSA) is 91.8 Å². The van der Waals surface area contributed by atoms with Crippen LogP contribution in [0.2, 0.25) is 18.1 Å². The molecule has 2 N–H and O–H groups in total. The minimum absolute atomic E-state index is 0.000215. The van der Waals surface area contributed by atoms with Crippen molar-refractivity contribution in [3.05, 3.63) is 58.9 Å². The molecule has 2 aromatic rings. The summed E-state index contributed by atoms with van der Waals surface area (Å²) in [5.74, 6) is -0.872. The summed E-state index contributed by atoms with van der Waals surface area (Å²) in [6, 6.07) is 5.89. The summed E-state index contributed by atoms with van der Waals surface area (Å²) in [6.45, 7) is 13.6. The minimum atomic E-state index is -4.58. The summed E-state index contributed by atoms with van der Waals surface area (Å²) in [7, 11) is -2.07. The van der Waals surface area contributed by atoms with Gasteiger partial charge in [0.05, 0.1) is 17.4 Å². The van der Waals surface area contributed by atoms with E-state index in [9.17, 15) is 27.9 Å². The van der Waals surface area contributed by atoms with E-state index >= 15 is 0 Å². The number of benzene rings is 1. The van der Waals surface area contributed by atoms with Gasteiger partial charge in [-0.05, 0) is 54.4 Å². The van der Waals surface area contributed by atoms with Crippen LogP contribution in [0.5, 0.6) is 0 Å². The second-order valence-corrected chi connectivity index (χ2v) is 15.9. The van der Waals surface area contributed by atoms with Crippen LogP contribution in [0.1, 0.15) is 53.7 Å². The van der Waals surface area contributed by atoms with Gasteiger partial charge in [-0.25, -0.2) is 4.79 Å². The van der Waals surface area contributed by atoms with Crippen LogP contribution < -0.4 is 5.32 Å². The number of aryl methyl sites for hydroxylation is 1. The van der Waals surface area contributed by atoms with E-state index in [-0.39, 0.29) is 34.7 Å². The number of halogens is 3.